The van der Waals surface area contributed by atoms with Crippen molar-refractivity contribution < 1.29 is 18.7 Å². The normalized spacial score (nSPS) is 10.2. The second-order valence-corrected chi connectivity index (χ2v) is 3.71. The summed E-state index contributed by atoms with van der Waals surface area (Å²) >= 11 is 0. The highest BCUT2D eigenvalue weighted by Gasteiger charge is 2.13. The van der Waals surface area contributed by atoms with Crippen LogP contribution in [0.25, 0.3) is 0 Å². The van der Waals surface area contributed by atoms with Crippen LogP contribution in [0.15, 0.2) is 18.2 Å². The zero-order chi connectivity index (χ0) is 12.8. The molecule has 18 heavy (non-hydrogen) atoms. The molecule has 0 aromatic heterocycles. The van der Waals surface area contributed by atoms with Gasteiger partial charge < -0.3 is 5.11 Å². The number of hydrogen-bond acceptors (Lipinski definition) is 2. The van der Waals surface area contributed by atoms with E-state index in [4.69, 9.17) is 5.11 Å². The first-order chi connectivity index (χ1) is 8.04. The average Bonchev–Trinajstić information content (AvgIpc) is 2.27. The largest absolute Gasteiger partial charge is 0.481 e. The van der Waals surface area contributed by atoms with Crippen molar-refractivity contribution in [3.63, 3.8) is 0 Å². The molecule has 0 bridgehead atoms. The van der Waals surface area contributed by atoms with E-state index in [0.29, 0.717) is 6.54 Å². The van der Waals surface area contributed by atoms with Gasteiger partial charge in [0.1, 0.15) is 11.6 Å². The molecule has 6 heteroatoms. The number of carboxylic acid groups (broad SMARTS) is 1. The number of halogens is 3. The number of aliphatic carboxylic acids is 1. The van der Waals surface area contributed by atoms with Gasteiger partial charge in [0.05, 0.1) is 6.42 Å². The molecule has 0 unspecified atom stereocenters. The third kappa shape index (κ3) is 4.98. The summed E-state index contributed by atoms with van der Waals surface area (Å²) in [5.41, 5.74) is -0.0141. The highest BCUT2D eigenvalue weighted by molar-refractivity contribution is 5.85. The Hall–Kier alpha value is -1.20. The van der Waals surface area contributed by atoms with Gasteiger partial charge in [0.2, 0.25) is 0 Å². The highest BCUT2D eigenvalue weighted by atomic mass is 35.5. The topological polar surface area (TPSA) is 40.5 Å². The van der Waals surface area contributed by atoms with Crippen LogP contribution in [0.5, 0.6) is 0 Å². The van der Waals surface area contributed by atoms with E-state index in [2.05, 4.69) is 0 Å². The Labute approximate surface area is 111 Å². The summed E-state index contributed by atoms with van der Waals surface area (Å²) in [4.78, 5) is 12.1. The van der Waals surface area contributed by atoms with E-state index in [-0.39, 0.29) is 37.5 Å². The Balaban J connectivity index is 0.00000289. The second kappa shape index (κ2) is 8.00. The third-order valence-electron chi connectivity index (χ3n) is 2.53. The molecule has 1 rings (SSSR count). The van der Waals surface area contributed by atoms with Gasteiger partial charge in [-0.2, -0.15) is 0 Å². The van der Waals surface area contributed by atoms with Gasteiger partial charge in [0, 0.05) is 18.7 Å². The van der Waals surface area contributed by atoms with Crippen molar-refractivity contribution in [1.29, 1.82) is 0 Å². The molecule has 0 amide bonds. The number of hydrogen-bond donors (Lipinski definition) is 1. The fourth-order valence-electron chi connectivity index (χ4n) is 1.51. The summed E-state index contributed by atoms with van der Waals surface area (Å²) in [6.07, 6.45) is -0.0378. The van der Waals surface area contributed by atoms with Crippen LogP contribution in [0.4, 0.5) is 8.78 Å². The third-order valence-corrected chi connectivity index (χ3v) is 2.53. The Morgan fingerprint density at radius 1 is 1.33 bits per heavy atom. The maximum atomic E-state index is 13.4. The van der Waals surface area contributed by atoms with Crippen LogP contribution in [0.1, 0.15) is 18.9 Å². The van der Waals surface area contributed by atoms with Crippen LogP contribution >= 0.6 is 12.4 Å². The minimum absolute atomic E-state index is 0. The van der Waals surface area contributed by atoms with Crippen molar-refractivity contribution in [2.45, 2.75) is 19.9 Å². The molecule has 1 aromatic rings. The lowest BCUT2D eigenvalue weighted by Gasteiger charge is -2.20. The number of rotatable bonds is 6. The molecule has 0 aliphatic rings. The molecule has 3 nitrogen and oxygen atoms in total. The summed E-state index contributed by atoms with van der Waals surface area (Å²) in [6, 6.07) is 3.70. The number of carboxylic acids is 1. The highest BCUT2D eigenvalue weighted by Crippen LogP contribution is 2.14. The van der Waals surface area contributed by atoms with Crippen LogP contribution in [0, 0.1) is 11.6 Å². The summed E-state index contributed by atoms with van der Waals surface area (Å²) in [5, 5.41) is 8.56. The lowest BCUT2D eigenvalue weighted by atomic mass is 10.2. The predicted molar refractivity (Wildman–Crippen MR) is 66.8 cm³/mol. The van der Waals surface area contributed by atoms with Crippen molar-refractivity contribution >= 4 is 18.4 Å². The van der Waals surface area contributed by atoms with E-state index in [1.165, 1.54) is 18.2 Å². The summed E-state index contributed by atoms with van der Waals surface area (Å²) in [5.74, 6) is -2.12. The second-order valence-electron chi connectivity index (χ2n) is 3.71. The Kier molecular flexibility index (Phi) is 7.47. The minimum Gasteiger partial charge on any atom is -0.481 e. The molecule has 0 fully saturated rings. The zero-order valence-electron chi connectivity index (χ0n) is 10.0. The van der Waals surface area contributed by atoms with E-state index in [0.717, 1.165) is 0 Å². The Morgan fingerprint density at radius 3 is 2.33 bits per heavy atom. The molecular weight excluding hydrogens is 264 g/mol. The van der Waals surface area contributed by atoms with Crippen LogP contribution in [0.2, 0.25) is 0 Å². The van der Waals surface area contributed by atoms with E-state index in [9.17, 15) is 13.6 Å². The quantitative estimate of drug-likeness (QED) is 0.870. The van der Waals surface area contributed by atoms with E-state index in [1.54, 1.807) is 4.90 Å². The number of benzene rings is 1. The van der Waals surface area contributed by atoms with Crippen molar-refractivity contribution in [3.8, 4) is 0 Å². The summed E-state index contributed by atoms with van der Waals surface area (Å²) in [6.45, 7) is 2.73. The molecule has 0 aliphatic heterocycles. The van der Waals surface area contributed by atoms with Crippen molar-refractivity contribution in [2.75, 3.05) is 13.1 Å². The number of nitrogens with zero attached hydrogens (tertiary/aromatic N) is 1. The van der Waals surface area contributed by atoms with E-state index < -0.39 is 17.6 Å². The lowest BCUT2D eigenvalue weighted by Crippen LogP contribution is -2.26. The predicted octanol–water partition coefficient (Wildman–Crippen LogP) is 2.68. The van der Waals surface area contributed by atoms with E-state index >= 15 is 0 Å². The van der Waals surface area contributed by atoms with Gasteiger partial charge in [-0.05, 0) is 18.7 Å². The number of carbonyl (C=O) groups is 1. The minimum atomic E-state index is -0.919. The molecule has 0 radical (unpaired) electrons. The molecular formula is C12H16ClF2NO2. The van der Waals surface area contributed by atoms with Crippen molar-refractivity contribution in [3.05, 3.63) is 35.4 Å². The van der Waals surface area contributed by atoms with Gasteiger partial charge in [-0.25, -0.2) is 8.78 Å². The van der Waals surface area contributed by atoms with Crippen LogP contribution in [-0.4, -0.2) is 29.1 Å². The monoisotopic (exact) mass is 279 g/mol. The first-order valence-electron chi connectivity index (χ1n) is 5.41. The summed E-state index contributed by atoms with van der Waals surface area (Å²) in [7, 11) is 0. The zero-order valence-corrected chi connectivity index (χ0v) is 10.8. The molecule has 0 aliphatic carbocycles. The average molecular weight is 280 g/mol. The maximum Gasteiger partial charge on any atom is 0.304 e. The maximum absolute atomic E-state index is 13.4. The van der Waals surface area contributed by atoms with Gasteiger partial charge in [0.25, 0.3) is 0 Å². The molecule has 0 saturated carbocycles. The van der Waals surface area contributed by atoms with Gasteiger partial charge >= 0.3 is 5.97 Å². The molecule has 1 N–H and O–H groups in total. The van der Waals surface area contributed by atoms with Crippen molar-refractivity contribution in [1.82, 2.24) is 4.90 Å². The smallest absolute Gasteiger partial charge is 0.304 e. The SMILES string of the molecule is CCN(CCC(=O)O)Cc1c(F)cccc1F.Cl. The lowest BCUT2D eigenvalue weighted by molar-refractivity contribution is -0.137. The fourth-order valence-corrected chi connectivity index (χ4v) is 1.51. The van der Waals surface area contributed by atoms with Crippen molar-refractivity contribution in [2.24, 2.45) is 0 Å². The molecule has 1 aromatic carbocycles. The van der Waals surface area contributed by atoms with Crippen LogP contribution in [0.3, 0.4) is 0 Å². The van der Waals surface area contributed by atoms with Gasteiger partial charge in [-0.15, -0.1) is 12.4 Å². The first-order valence-corrected chi connectivity index (χ1v) is 5.41. The van der Waals surface area contributed by atoms with E-state index in [1.807, 2.05) is 6.92 Å². The van der Waals surface area contributed by atoms with Gasteiger partial charge in [-0.1, -0.05) is 13.0 Å². The van der Waals surface area contributed by atoms with Gasteiger partial charge in [0.15, 0.2) is 0 Å². The molecule has 0 spiro atoms. The van der Waals surface area contributed by atoms with Crippen LogP contribution in [-0.2, 0) is 11.3 Å². The molecule has 0 atom stereocenters. The molecule has 0 saturated heterocycles. The van der Waals surface area contributed by atoms with Crippen LogP contribution < -0.4 is 0 Å². The first kappa shape index (κ1) is 16.8. The molecule has 0 heterocycles. The summed E-state index contributed by atoms with van der Waals surface area (Å²) < 4.78 is 26.7. The van der Waals surface area contributed by atoms with Gasteiger partial charge in [-0.3, -0.25) is 9.69 Å². The Morgan fingerprint density at radius 2 is 1.89 bits per heavy atom. The Bertz CT molecular complexity index is 381. The standard InChI is InChI=1S/C12H15F2NO2.ClH/c1-2-15(7-6-12(16)17)8-9-10(13)4-3-5-11(9)14;/h3-5H,2,6-8H2,1H3,(H,16,17);1H. The fraction of sp³-hybridized carbons (Fsp3) is 0.417. The molecule has 102 valence electrons.